The van der Waals surface area contributed by atoms with Gasteiger partial charge in [-0.3, -0.25) is 10.2 Å². The van der Waals surface area contributed by atoms with E-state index in [9.17, 15) is 4.79 Å². The van der Waals surface area contributed by atoms with Crippen molar-refractivity contribution < 1.29 is 14.3 Å². The minimum atomic E-state index is -0.371. The van der Waals surface area contributed by atoms with Gasteiger partial charge in [0.05, 0.1) is 14.2 Å². The lowest BCUT2D eigenvalue weighted by Gasteiger charge is -2.10. The van der Waals surface area contributed by atoms with Crippen molar-refractivity contribution in [3.05, 3.63) is 59.2 Å². The van der Waals surface area contributed by atoms with Crippen LogP contribution in [0.2, 0.25) is 0 Å². The summed E-state index contributed by atoms with van der Waals surface area (Å²) in [6.07, 6.45) is 1.58. The first-order valence-corrected chi connectivity index (χ1v) is 8.26. The standard InChI is InChI=1S/C20H24N2O3/c1-4-14-5-8-16(9-6-14)19(21)20(23)22-12-11-15-7-10-17(24-2)18(13-15)25-3/h5-10,13,21H,4,11-12H2,1-3H3,(H,22,23). The van der Waals surface area contributed by atoms with Crippen LogP contribution in [0.1, 0.15) is 23.6 Å². The molecule has 0 aliphatic rings. The molecular formula is C20H24N2O3. The Hall–Kier alpha value is -2.82. The highest BCUT2D eigenvalue weighted by Gasteiger charge is 2.11. The fourth-order valence-corrected chi connectivity index (χ4v) is 2.48. The number of ether oxygens (including phenoxy) is 2. The van der Waals surface area contributed by atoms with Crippen molar-refractivity contribution >= 4 is 11.6 Å². The summed E-state index contributed by atoms with van der Waals surface area (Å²) in [4.78, 5) is 12.1. The topological polar surface area (TPSA) is 71.4 Å². The molecule has 0 aliphatic carbocycles. The van der Waals surface area contributed by atoms with Gasteiger partial charge in [-0.05, 0) is 36.1 Å². The molecule has 2 rings (SSSR count). The van der Waals surface area contributed by atoms with Crippen molar-refractivity contribution in [2.24, 2.45) is 0 Å². The van der Waals surface area contributed by atoms with Crippen molar-refractivity contribution in [2.75, 3.05) is 20.8 Å². The molecule has 5 heteroatoms. The lowest BCUT2D eigenvalue weighted by Crippen LogP contribution is -2.32. The number of nitrogens with one attached hydrogen (secondary N) is 2. The molecule has 0 aromatic heterocycles. The summed E-state index contributed by atoms with van der Waals surface area (Å²) in [6, 6.07) is 13.2. The normalized spacial score (nSPS) is 10.2. The van der Waals surface area contributed by atoms with E-state index in [-0.39, 0.29) is 11.6 Å². The van der Waals surface area contributed by atoms with Crippen molar-refractivity contribution in [2.45, 2.75) is 19.8 Å². The minimum Gasteiger partial charge on any atom is -0.493 e. The summed E-state index contributed by atoms with van der Waals surface area (Å²) >= 11 is 0. The molecule has 0 radical (unpaired) electrons. The first kappa shape index (κ1) is 18.5. The zero-order chi connectivity index (χ0) is 18.2. The molecule has 0 bridgehead atoms. The predicted octanol–water partition coefficient (Wildman–Crippen LogP) is 2.99. The summed E-state index contributed by atoms with van der Waals surface area (Å²) in [5.74, 6) is 0.965. The van der Waals surface area contributed by atoms with Gasteiger partial charge in [-0.25, -0.2) is 0 Å². The predicted molar refractivity (Wildman–Crippen MR) is 98.9 cm³/mol. The molecule has 5 nitrogen and oxygen atoms in total. The number of carbonyl (C=O) groups is 1. The number of hydrogen-bond donors (Lipinski definition) is 2. The Bertz CT molecular complexity index is 739. The second-order valence-corrected chi connectivity index (χ2v) is 5.62. The van der Waals surface area contributed by atoms with Gasteiger partial charge in [0.1, 0.15) is 5.71 Å². The van der Waals surface area contributed by atoms with Crippen LogP contribution in [-0.2, 0) is 17.6 Å². The molecule has 0 fully saturated rings. The number of carbonyl (C=O) groups excluding carboxylic acids is 1. The number of benzene rings is 2. The smallest absolute Gasteiger partial charge is 0.269 e. The molecule has 0 spiro atoms. The van der Waals surface area contributed by atoms with Crippen LogP contribution in [0.15, 0.2) is 42.5 Å². The van der Waals surface area contributed by atoms with E-state index >= 15 is 0 Å². The Morgan fingerprint density at radius 3 is 2.24 bits per heavy atom. The van der Waals surface area contributed by atoms with E-state index in [1.807, 2.05) is 42.5 Å². The molecule has 0 unspecified atom stereocenters. The van der Waals surface area contributed by atoms with Crippen LogP contribution >= 0.6 is 0 Å². The third-order valence-corrected chi connectivity index (χ3v) is 4.03. The van der Waals surface area contributed by atoms with Crippen molar-refractivity contribution in [3.63, 3.8) is 0 Å². The van der Waals surface area contributed by atoms with Gasteiger partial charge in [0.15, 0.2) is 11.5 Å². The Balaban J connectivity index is 1.90. The van der Waals surface area contributed by atoms with Crippen molar-refractivity contribution in [1.82, 2.24) is 5.32 Å². The quantitative estimate of drug-likeness (QED) is 0.726. The second-order valence-electron chi connectivity index (χ2n) is 5.62. The zero-order valence-corrected chi connectivity index (χ0v) is 14.9. The molecule has 25 heavy (non-hydrogen) atoms. The minimum absolute atomic E-state index is 0.0186. The molecule has 0 aliphatic heterocycles. The molecule has 2 aromatic carbocycles. The van der Waals surface area contributed by atoms with Crippen LogP contribution in [0, 0.1) is 5.41 Å². The molecule has 0 saturated carbocycles. The molecule has 0 saturated heterocycles. The highest BCUT2D eigenvalue weighted by Crippen LogP contribution is 2.27. The summed E-state index contributed by atoms with van der Waals surface area (Å²) < 4.78 is 10.5. The average Bonchev–Trinajstić information content (AvgIpc) is 2.67. The maximum atomic E-state index is 12.1. The lowest BCUT2D eigenvalue weighted by atomic mass is 10.1. The Morgan fingerprint density at radius 1 is 1.00 bits per heavy atom. The average molecular weight is 340 g/mol. The molecular weight excluding hydrogens is 316 g/mol. The van der Waals surface area contributed by atoms with E-state index in [1.165, 1.54) is 5.56 Å². The van der Waals surface area contributed by atoms with E-state index in [4.69, 9.17) is 14.9 Å². The van der Waals surface area contributed by atoms with Crippen LogP contribution in [0.4, 0.5) is 0 Å². The SMILES string of the molecule is CCc1ccc(C(=N)C(=O)NCCc2ccc(OC)c(OC)c2)cc1. The summed E-state index contributed by atoms with van der Waals surface area (Å²) in [7, 11) is 3.19. The van der Waals surface area contributed by atoms with Gasteiger partial charge in [-0.2, -0.15) is 0 Å². The van der Waals surface area contributed by atoms with Crippen LogP contribution in [-0.4, -0.2) is 32.4 Å². The largest absolute Gasteiger partial charge is 0.493 e. The van der Waals surface area contributed by atoms with E-state index in [2.05, 4.69) is 12.2 Å². The van der Waals surface area contributed by atoms with Gasteiger partial charge < -0.3 is 14.8 Å². The highest BCUT2D eigenvalue weighted by atomic mass is 16.5. The van der Waals surface area contributed by atoms with Gasteiger partial charge >= 0.3 is 0 Å². The number of rotatable bonds is 8. The third-order valence-electron chi connectivity index (χ3n) is 4.03. The Kier molecular flexibility index (Phi) is 6.57. The maximum Gasteiger partial charge on any atom is 0.269 e. The molecule has 2 N–H and O–H groups in total. The number of methoxy groups -OCH3 is 2. The van der Waals surface area contributed by atoms with E-state index in [0.29, 0.717) is 30.0 Å². The second kappa shape index (κ2) is 8.87. The monoisotopic (exact) mass is 340 g/mol. The summed E-state index contributed by atoms with van der Waals surface area (Å²) in [6.45, 7) is 2.52. The lowest BCUT2D eigenvalue weighted by molar-refractivity contribution is -0.114. The fourth-order valence-electron chi connectivity index (χ4n) is 2.48. The molecule has 1 amide bonds. The van der Waals surface area contributed by atoms with Crippen LogP contribution in [0.25, 0.3) is 0 Å². The van der Waals surface area contributed by atoms with Gasteiger partial charge in [0.2, 0.25) is 0 Å². The van der Waals surface area contributed by atoms with Crippen LogP contribution in [0.3, 0.4) is 0 Å². The number of hydrogen-bond acceptors (Lipinski definition) is 4. The van der Waals surface area contributed by atoms with Crippen LogP contribution in [0.5, 0.6) is 11.5 Å². The summed E-state index contributed by atoms with van der Waals surface area (Å²) in [5.41, 5.74) is 2.82. The Labute approximate surface area is 148 Å². The molecule has 0 heterocycles. The molecule has 0 atom stereocenters. The van der Waals surface area contributed by atoms with Crippen molar-refractivity contribution in [3.8, 4) is 11.5 Å². The summed E-state index contributed by atoms with van der Waals surface area (Å²) in [5, 5.41) is 10.8. The third kappa shape index (κ3) is 4.83. The number of amides is 1. The maximum absolute atomic E-state index is 12.1. The zero-order valence-electron chi connectivity index (χ0n) is 14.9. The van der Waals surface area contributed by atoms with E-state index < -0.39 is 0 Å². The highest BCUT2D eigenvalue weighted by molar-refractivity contribution is 6.44. The van der Waals surface area contributed by atoms with Gasteiger partial charge in [0, 0.05) is 12.1 Å². The Morgan fingerprint density at radius 2 is 1.64 bits per heavy atom. The van der Waals surface area contributed by atoms with E-state index in [0.717, 1.165) is 12.0 Å². The van der Waals surface area contributed by atoms with Gasteiger partial charge in [-0.15, -0.1) is 0 Å². The van der Waals surface area contributed by atoms with Crippen molar-refractivity contribution in [1.29, 1.82) is 5.41 Å². The molecule has 2 aromatic rings. The first-order valence-electron chi connectivity index (χ1n) is 8.26. The first-order chi connectivity index (χ1) is 12.1. The number of aryl methyl sites for hydroxylation is 1. The van der Waals surface area contributed by atoms with Gasteiger partial charge in [0.25, 0.3) is 5.91 Å². The fraction of sp³-hybridized carbons (Fsp3) is 0.300. The van der Waals surface area contributed by atoms with Crippen LogP contribution < -0.4 is 14.8 Å². The van der Waals surface area contributed by atoms with E-state index in [1.54, 1.807) is 14.2 Å². The van der Waals surface area contributed by atoms with Gasteiger partial charge in [-0.1, -0.05) is 37.3 Å². The molecule has 132 valence electrons.